The minimum atomic E-state index is -3.40. The maximum Gasteiger partial charge on any atom is 0.264 e. The molecule has 0 saturated carbocycles. The normalized spacial score (nSPS) is 19.2. The standard InChI is InChI=1S/C10H11BrO4S/c1-16(12,13)14-6-8-5-7-3-2-4-9(11)10(7)15-8/h2-4,8H,5-6H2,1H3. The van der Waals surface area contributed by atoms with Crippen molar-refractivity contribution in [1.82, 2.24) is 0 Å². The minimum Gasteiger partial charge on any atom is -0.486 e. The van der Waals surface area contributed by atoms with Crippen molar-refractivity contribution in [1.29, 1.82) is 0 Å². The SMILES string of the molecule is CS(=O)(=O)OCC1Cc2cccc(Br)c2O1. The third-order valence-electron chi connectivity index (χ3n) is 2.25. The molecule has 4 nitrogen and oxygen atoms in total. The van der Waals surface area contributed by atoms with Crippen molar-refractivity contribution in [3.63, 3.8) is 0 Å². The smallest absolute Gasteiger partial charge is 0.264 e. The van der Waals surface area contributed by atoms with E-state index in [0.717, 1.165) is 22.0 Å². The number of hydrogen-bond acceptors (Lipinski definition) is 4. The average Bonchev–Trinajstić information content (AvgIpc) is 2.58. The van der Waals surface area contributed by atoms with Crippen molar-refractivity contribution in [2.45, 2.75) is 12.5 Å². The monoisotopic (exact) mass is 306 g/mol. The van der Waals surface area contributed by atoms with Gasteiger partial charge in [-0.1, -0.05) is 12.1 Å². The van der Waals surface area contributed by atoms with Crippen molar-refractivity contribution in [2.75, 3.05) is 12.9 Å². The van der Waals surface area contributed by atoms with Gasteiger partial charge in [0.25, 0.3) is 10.1 Å². The quantitative estimate of drug-likeness (QED) is 0.798. The van der Waals surface area contributed by atoms with E-state index >= 15 is 0 Å². The molecule has 1 unspecified atom stereocenters. The summed E-state index contributed by atoms with van der Waals surface area (Å²) in [4.78, 5) is 0. The minimum absolute atomic E-state index is 0.0555. The van der Waals surface area contributed by atoms with Crippen LogP contribution in [0.2, 0.25) is 0 Å². The van der Waals surface area contributed by atoms with Gasteiger partial charge in [-0.3, -0.25) is 4.18 Å². The second kappa shape index (κ2) is 4.35. The van der Waals surface area contributed by atoms with E-state index in [2.05, 4.69) is 15.9 Å². The van der Waals surface area contributed by atoms with Crippen LogP contribution in [0.25, 0.3) is 0 Å². The molecule has 0 radical (unpaired) electrons. The largest absolute Gasteiger partial charge is 0.486 e. The van der Waals surface area contributed by atoms with E-state index in [1.165, 1.54) is 0 Å². The van der Waals surface area contributed by atoms with Gasteiger partial charge in [0.15, 0.2) is 0 Å². The summed E-state index contributed by atoms with van der Waals surface area (Å²) in [5, 5.41) is 0. The molecule has 1 aliphatic heterocycles. The summed E-state index contributed by atoms with van der Waals surface area (Å²) in [5.74, 6) is 0.782. The summed E-state index contributed by atoms with van der Waals surface area (Å²) in [6, 6.07) is 5.77. The van der Waals surface area contributed by atoms with Gasteiger partial charge in [-0.25, -0.2) is 0 Å². The molecule has 1 aliphatic rings. The fourth-order valence-corrected chi connectivity index (χ4v) is 2.49. The first-order chi connectivity index (χ1) is 7.46. The Morgan fingerprint density at radius 3 is 2.94 bits per heavy atom. The Balaban J connectivity index is 2.04. The Morgan fingerprint density at radius 2 is 2.31 bits per heavy atom. The van der Waals surface area contributed by atoms with Crippen LogP contribution in [0, 0.1) is 0 Å². The maximum atomic E-state index is 10.8. The lowest BCUT2D eigenvalue weighted by atomic mass is 10.1. The molecule has 1 atom stereocenters. The van der Waals surface area contributed by atoms with E-state index in [4.69, 9.17) is 8.92 Å². The lowest BCUT2D eigenvalue weighted by molar-refractivity contribution is 0.152. The summed E-state index contributed by atoms with van der Waals surface area (Å²) in [6.45, 7) is 0.0555. The van der Waals surface area contributed by atoms with Gasteiger partial charge in [0.05, 0.1) is 10.7 Å². The van der Waals surface area contributed by atoms with Gasteiger partial charge in [-0.2, -0.15) is 8.42 Å². The molecule has 0 spiro atoms. The zero-order valence-electron chi connectivity index (χ0n) is 8.64. The first kappa shape index (κ1) is 11.9. The molecule has 0 aliphatic carbocycles. The van der Waals surface area contributed by atoms with Crippen LogP contribution in [0.4, 0.5) is 0 Å². The zero-order valence-corrected chi connectivity index (χ0v) is 11.0. The van der Waals surface area contributed by atoms with Crippen LogP contribution in [-0.4, -0.2) is 27.4 Å². The van der Waals surface area contributed by atoms with Crippen molar-refractivity contribution in [2.24, 2.45) is 0 Å². The second-order valence-electron chi connectivity index (χ2n) is 3.66. The number of halogens is 1. The predicted molar refractivity (Wildman–Crippen MR) is 63.1 cm³/mol. The molecular formula is C10H11BrO4S. The van der Waals surface area contributed by atoms with E-state index in [9.17, 15) is 8.42 Å². The van der Waals surface area contributed by atoms with Gasteiger partial charge >= 0.3 is 0 Å². The molecule has 2 rings (SSSR count). The van der Waals surface area contributed by atoms with Crippen LogP contribution in [0.3, 0.4) is 0 Å². The molecule has 0 fully saturated rings. The molecular weight excluding hydrogens is 296 g/mol. The van der Waals surface area contributed by atoms with Crippen LogP contribution in [-0.2, 0) is 20.7 Å². The van der Waals surface area contributed by atoms with Gasteiger partial charge in [0.2, 0.25) is 0 Å². The number of rotatable bonds is 3. The molecule has 1 heterocycles. The molecule has 1 aromatic carbocycles. The summed E-state index contributed by atoms with van der Waals surface area (Å²) in [6.07, 6.45) is 1.47. The number of para-hydroxylation sites is 1. The van der Waals surface area contributed by atoms with Crippen LogP contribution in [0.15, 0.2) is 22.7 Å². The van der Waals surface area contributed by atoms with Crippen LogP contribution >= 0.6 is 15.9 Å². The molecule has 0 amide bonds. The lowest BCUT2D eigenvalue weighted by Gasteiger charge is -2.10. The molecule has 88 valence electrons. The van der Waals surface area contributed by atoms with Gasteiger partial charge in [-0.05, 0) is 27.6 Å². The second-order valence-corrected chi connectivity index (χ2v) is 6.16. The van der Waals surface area contributed by atoms with Crippen molar-refractivity contribution in [3.8, 4) is 5.75 Å². The summed E-state index contributed by atoms with van der Waals surface area (Å²) < 4.78 is 32.9. The van der Waals surface area contributed by atoms with E-state index < -0.39 is 10.1 Å². The molecule has 0 saturated heterocycles. The Hall–Kier alpha value is -0.590. The van der Waals surface area contributed by atoms with Crippen molar-refractivity contribution >= 4 is 26.0 Å². The highest BCUT2D eigenvalue weighted by Gasteiger charge is 2.25. The third kappa shape index (κ3) is 2.75. The number of fused-ring (bicyclic) bond motifs is 1. The summed E-state index contributed by atoms with van der Waals surface area (Å²) in [7, 11) is -3.40. The average molecular weight is 307 g/mol. The van der Waals surface area contributed by atoms with Crippen molar-refractivity contribution < 1.29 is 17.3 Å². The molecule has 16 heavy (non-hydrogen) atoms. The van der Waals surface area contributed by atoms with E-state index in [-0.39, 0.29) is 12.7 Å². The Morgan fingerprint density at radius 1 is 1.56 bits per heavy atom. The predicted octanol–water partition coefficient (Wildman–Crippen LogP) is 1.73. The fraction of sp³-hybridized carbons (Fsp3) is 0.400. The lowest BCUT2D eigenvalue weighted by Crippen LogP contribution is -2.22. The molecule has 0 aromatic heterocycles. The number of benzene rings is 1. The number of hydrogen-bond donors (Lipinski definition) is 0. The Labute approximate surface area is 103 Å². The first-order valence-corrected chi connectivity index (χ1v) is 7.35. The highest BCUT2D eigenvalue weighted by Crippen LogP contribution is 2.35. The molecule has 0 bridgehead atoms. The Bertz CT molecular complexity index is 498. The third-order valence-corrected chi connectivity index (χ3v) is 3.44. The van der Waals surface area contributed by atoms with Crippen LogP contribution in [0.1, 0.15) is 5.56 Å². The van der Waals surface area contributed by atoms with Gasteiger partial charge in [0.1, 0.15) is 18.5 Å². The van der Waals surface area contributed by atoms with E-state index in [1.54, 1.807) is 0 Å². The maximum absolute atomic E-state index is 10.8. The summed E-state index contributed by atoms with van der Waals surface area (Å²) in [5.41, 5.74) is 1.07. The number of ether oxygens (including phenoxy) is 1. The topological polar surface area (TPSA) is 52.6 Å². The van der Waals surface area contributed by atoms with Crippen molar-refractivity contribution in [3.05, 3.63) is 28.2 Å². The van der Waals surface area contributed by atoms with Crippen LogP contribution in [0.5, 0.6) is 5.75 Å². The molecule has 6 heteroatoms. The summed E-state index contributed by atoms with van der Waals surface area (Å²) >= 11 is 3.38. The molecule has 1 aromatic rings. The Kier molecular flexibility index (Phi) is 3.23. The van der Waals surface area contributed by atoms with Crippen LogP contribution < -0.4 is 4.74 Å². The van der Waals surface area contributed by atoms with E-state index in [1.807, 2.05) is 18.2 Å². The van der Waals surface area contributed by atoms with E-state index in [0.29, 0.717) is 6.42 Å². The fourth-order valence-electron chi connectivity index (χ4n) is 1.59. The van der Waals surface area contributed by atoms with Gasteiger partial charge in [-0.15, -0.1) is 0 Å². The highest BCUT2D eigenvalue weighted by molar-refractivity contribution is 9.10. The first-order valence-electron chi connectivity index (χ1n) is 4.74. The molecule has 0 N–H and O–H groups in total. The van der Waals surface area contributed by atoms with Gasteiger partial charge < -0.3 is 4.74 Å². The zero-order chi connectivity index (χ0) is 11.8. The van der Waals surface area contributed by atoms with Gasteiger partial charge in [0, 0.05) is 6.42 Å². The highest BCUT2D eigenvalue weighted by atomic mass is 79.9.